The number of aromatic nitrogens is 1. The zero-order valence-corrected chi connectivity index (χ0v) is 21.3. The lowest BCUT2D eigenvalue weighted by atomic mass is 10.1. The molecule has 2 fully saturated rings. The summed E-state index contributed by atoms with van der Waals surface area (Å²) in [6.45, 7) is 11.0. The van der Waals surface area contributed by atoms with Crippen molar-refractivity contribution in [1.29, 1.82) is 5.26 Å². The molecule has 186 valence electrons. The zero-order valence-electron chi connectivity index (χ0n) is 20.5. The van der Waals surface area contributed by atoms with E-state index in [1.165, 1.54) is 17.7 Å². The molecule has 0 atom stereocenters. The molecule has 0 saturated carbocycles. The van der Waals surface area contributed by atoms with Crippen molar-refractivity contribution in [3.8, 4) is 6.07 Å². The molecule has 0 N–H and O–H groups in total. The van der Waals surface area contributed by atoms with Gasteiger partial charge in [-0.2, -0.15) is 5.26 Å². The highest BCUT2D eigenvalue weighted by Crippen LogP contribution is 2.29. The van der Waals surface area contributed by atoms with Crippen molar-refractivity contribution in [2.24, 2.45) is 7.05 Å². The quantitative estimate of drug-likeness (QED) is 0.484. The van der Waals surface area contributed by atoms with E-state index in [2.05, 4.69) is 62.2 Å². The van der Waals surface area contributed by atoms with Crippen LogP contribution in [-0.2, 0) is 13.6 Å². The molecule has 0 bridgehead atoms. The van der Waals surface area contributed by atoms with Gasteiger partial charge in [0.15, 0.2) is 0 Å². The molecule has 0 spiro atoms. The molecule has 0 amide bonds. The smallest absolute Gasteiger partial charge is 0.125 e. The maximum Gasteiger partial charge on any atom is 0.125 e. The van der Waals surface area contributed by atoms with Crippen molar-refractivity contribution in [3.63, 3.8) is 0 Å². The van der Waals surface area contributed by atoms with Crippen molar-refractivity contribution in [3.05, 3.63) is 89.0 Å². The van der Waals surface area contributed by atoms with Gasteiger partial charge in [-0.15, -0.1) is 0 Å². The molecule has 2 aliphatic rings. The maximum absolute atomic E-state index is 13.8. The number of aryl methyl sites for hydroxylation is 1. The lowest BCUT2D eigenvalue weighted by molar-refractivity contribution is 0.334. The van der Waals surface area contributed by atoms with E-state index in [4.69, 9.17) is 11.6 Å². The minimum atomic E-state index is -0.319. The van der Waals surface area contributed by atoms with E-state index in [0.717, 1.165) is 61.5 Å². The third kappa shape index (κ3) is 4.92. The lowest BCUT2D eigenvalue weighted by Crippen LogP contribution is -2.45. The normalized spacial score (nSPS) is 16.4. The summed E-state index contributed by atoms with van der Waals surface area (Å²) < 4.78 is 16.0. The van der Waals surface area contributed by atoms with E-state index in [-0.39, 0.29) is 5.82 Å². The average molecular weight is 505 g/mol. The molecular formula is C28H30ClFN6. The van der Waals surface area contributed by atoms with E-state index in [1.54, 1.807) is 6.07 Å². The molecule has 2 saturated heterocycles. The summed E-state index contributed by atoms with van der Waals surface area (Å²) in [6.07, 6.45) is 2.18. The summed E-state index contributed by atoms with van der Waals surface area (Å²) in [7, 11) is 2.06. The number of anilines is 2. The predicted octanol–water partition coefficient (Wildman–Crippen LogP) is 4.76. The third-order valence-corrected chi connectivity index (χ3v) is 7.42. The number of piperazine rings is 1. The highest BCUT2D eigenvalue weighted by atomic mass is 35.5. The van der Waals surface area contributed by atoms with Crippen LogP contribution in [0.2, 0.25) is 5.02 Å². The molecule has 0 unspecified atom stereocenters. The van der Waals surface area contributed by atoms with E-state index in [0.29, 0.717) is 24.3 Å². The van der Waals surface area contributed by atoms with Gasteiger partial charge < -0.3 is 19.3 Å². The Morgan fingerprint density at radius 3 is 2.50 bits per heavy atom. The Labute approximate surface area is 217 Å². The Kier molecular flexibility index (Phi) is 6.90. The highest BCUT2D eigenvalue weighted by Gasteiger charge is 2.24. The molecule has 1 aromatic heterocycles. The van der Waals surface area contributed by atoms with Crippen molar-refractivity contribution < 1.29 is 4.39 Å². The summed E-state index contributed by atoms with van der Waals surface area (Å²) in [5, 5.41) is 10.2. The van der Waals surface area contributed by atoms with E-state index in [1.807, 2.05) is 18.2 Å². The first kappa shape index (κ1) is 24.2. The molecule has 36 heavy (non-hydrogen) atoms. The Morgan fingerprint density at radius 1 is 1.00 bits per heavy atom. The zero-order chi connectivity index (χ0) is 25.2. The number of rotatable bonds is 6. The van der Waals surface area contributed by atoms with Gasteiger partial charge in [-0.1, -0.05) is 30.3 Å². The number of halogens is 2. The fraction of sp³-hybridized carbons (Fsp3) is 0.321. The second kappa shape index (κ2) is 10.3. The number of nitrogens with zero attached hydrogens (tertiary/aromatic N) is 6. The Morgan fingerprint density at radius 2 is 1.75 bits per heavy atom. The van der Waals surface area contributed by atoms with Gasteiger partial charge in [0.1, 0.15) is 11.9 Å². The van der Waals surface area contributed by atoms with Crippen LogP contribution < -0.4 is 9.80 Å². The molecule has 2 aromatic carbocycles. The van der Waals surface area contributed by atoms with Gasteiger partial charge in [-0.3, -0.25) is 4.90 Å². The van der Waals surface area contributed by atoms with Crippen LogP contribution in [0.4, 0.5) is 15.8 Å². The van der Waals surface area contributed by atoms with Gasteiger partial charge in [0.05, 0.1) is 40.0 Å². The number of benzene rings is 2. The molecule has 3 aromatic rings. The van der Waals surface area contributed by atoms with Crippen molar-refractivity contribution >= 4 is 28.7 Å². The monoisotopic (exact) mass is 504 g/mol. The lowest BCUT2D eigenvalue weighted by Gasteiger charge is -2.38. The Bertz CT molecular complexity index is 1300. The fourth-order valence-electron chi connectivity index (χ4n) is 5.18. The number of nitriles is 1. The first-order valence-electron chi connectivity index (χ1n) is 12.2. The number of para-hydroxylation sites is 1. The predicted molar refractivity (Wildman–Crippen MR) is 143 cm³/mol. The maximum atomic E-state index is 13.8. The topological polar surface area (TPSA) is 41.7 Å². The highest BCUT2D eigenvalue weighted by molar-refractivity contribution is 6.33. The van der Waals surface area contributed by atoms with Crippen LogP contribution in [0.1, 0.15) is 16.8 Å². The van der Waals surface area contributed by atoms with E-state index < -0.39 is 0 Å². The summed E-state index contributed by atoms with van der Waals surface area (Å²) in [6, 6.07) is 16.8. The van der Waals surface area contributed by atoms with Gasteiger partial charge in [-0.05, 0) is 42.0 Å². The standard InChI is InChI=1S/C28H30ClFN6/c1-21(34-11-13-35(14-12-34)28-16-24(30)8-7-23(28)17-31)27-15-22(18-32(27)2)19-33-9-10-36(20-33)26-6-4-3-5-25(26)29/h3-8,15-16,18H,1,9-14,19-20H2,2H3. The molecule has 0 aliphatic carbocycles. The molecule has 3 heterocycles. The average Bonchev–Trinajstić information content (AvgIpc) is 3.50. The van der Waals surface area contributed by atoms with Gasteiger partial charge in [-0.25, -0.2) is 4.39 Å². The molecular weight excluding hydrogens is 475 g/mol. The Balaban J connectivity index is 1.20. The second-order valence-corrected chi connectivity index (χ2v) is 9.85. The Hall–Kier alpha value is -3.47. The third-order valence-electron chi connectivity index (χ3n) is 7.10. The minimum Gasteiger partial charge on any atom is -0.367 e. The fourth-order valence-corrected chi connectivity index (χ4v) is 5.44. The first-order chi connectivity index (χ1) is 17.4. The van der Waals surface area contributed by atoms with Gasteiger partial charge in [0.25, 0.3) is 0 Å². The van der Waals surface area contributed by atoms with E-state index in [9.17, 15) is 9.65 Å². The molecule has 6 nitrogen and oxygen atoms in total. The van der Waals surface area contributed by atoms with Crippen LogP contribution in [-0.4, -0.2) is 60.3 Å². The van der Waals surface area contributed by atoms with Crippen molar-refractivity contribution in [2.45, 2.75) is 6.54 Å². The second-order valence-electron chi connectivity index (χ2n) is 9.45. The van der Waals surface area contributed by atoms with Crippen LogP contribution in [0.25, 0.3) is 5.70 Å². The van der Waals surface area contributed by atoms with Crippen LogP contribution >= 0.6 is 11.6 Å². The SMILES string of the molecule is C=C(c1cc(CN2CCN(c3ccccc3Cl)C2)cn1C)N1CCN(c2cc(F)ccc2C#N)CC1. The largest absolute Gasteiger partial charge is 0.367 e. The summed E-state index contributed by atoms with van der Waals surface area (Å²) in [5.74, 6) is -0.319. The minimum absolute atomic E-state index is 0.319. The first-order valence-corrected chi connectivity index (χ1v) is 12.6. The summed E-state index contributed by atoms with van der Waals surface area (Å²) in [4.78, 5) is 9.10. The summed E-state index contributed by atoms with van der Waals surface area (Å²) in [5.41, 5.74) is 5.60. The number of hydrogen-bond donors (Lipinski definition) is 0. The van der Waals surface area contributed by atoms with Crippen molar-refractivity contribution in [2.75, 3.05) is 55.7 Å². The molecule has 0 radical (unpaired) electrons. The van der Waals surface area contributed by atoms with Crippen LogP contribution in [0, 0.1) is 17.1 Å². The van der Waals surface area contributed by atoms with E-state index >= 15 is 0 Å². The van der Waals surface area contributed by atoms with Crippen molar-refractivity contribution in [1.82, 2.24) is 14.4 Å². The summed E-state index contributed by atoms with van der Waals surface area (Å²) >= 11 is 6.40. The van der Waals surface area contributed by atoms with Crippen LogP contribution in [0.3, 0.4) is 0 Å². The van der Waals surface area contributed by atoms with Gasteiger partial charge in [0.2, 0.25) is 0 Å². The van der Waals surface area contributed by atoms with Gasteiger partial charge in [0, 0.05) is 59.1 Å². The number of hydrogen-bond acceptors (Lipinski definition) is 5. The van der Waals surface area contributed by atoms with Gasteiger partial charge >= 0.3 is 0 Å². The molecule has 8 heteroatoms. The van der Waals surface area contributed by atoms with Crippen LogP contribution in [0.15, 0.2) is 61.3 Å². The van der Waals surface area contributed by atoms with Crippen LogP contribution in [0.5, 0.6) is 0 Å². The molecule has 2 aliphatic heterocycles. The molecule has 5 rings (SSSR count).